The molecule has 1 aromatic heterocycles. The number of hydrogen-bond acceptors (Lipinski definition) is 4. The van der Waals surface area contributed by atoms with Gasteiger partial charge in [-0.15, -0.1) is 23.5 Å². The molecule has 0 N–H and O–H groups in total. The second-order valence-electron chi connectivity index (χ2n) is 12.6. The lowest BCUT2D eigenvalue weighted by molar-refractivity contribution is -0.665. The largest absolute Gasteiger partial charge is 0.263 e. The molecule has 0 radical (unpaired) electrons. The smallest absolute Gasteiger partial charge is 0.182 e. The van der Waals surface area contributed by atoms with Crippen LogP contribution in [0.2, 0.25) is 0 Å². The molecule has 8 rings (SSSR count). The van der Waals surface area contributed by atoms with Crippen LogP contribution in [0.5, 0.6) is 0 Å². The van der Waals surface area contributed by atoms with Gasteiger partial charge in [0.2, 0.25) is 5.52 Å². The van der Waals surface area contributed by atoms with Crippen molar-refractivity contribution in [3.63, 3.8) is 0 Å². The van der Waals surface area contributed by atoms with E-state index in [9.17, 15) is 0 Å². The Morgan fingerprint density at radius 1 is 0.857 bits per heavy atom. The molecule has 0 bridgehead atoms. The molecule has 4 aliphatic carbocycles. The Kier molecular flexibility index (Phi) is 7.75. The summed E-state index contributed by atoms with van der Waals surface area (Å²) in [6, 6.07) is 14.4. The van der Waals surface area contributed by atoms with Crippen molar-refractivity contribution in [1.29, 1.82) is 0 Å². The van der Waals surface area contributed by atoms with Gasteiger partial charge in [0, 0.05) is 43.2 Å². The van der Waals surface area contributed by atoms with Crippen LogP contribution in [0, 0.1) is 5.92 Å². The van der Waals surface area contributed by atoms with Crippen molar-refractivity contribution in [3.8, 4) is 0 Å². The normalized spacial score (nSPS) is 25.6. The lowest BCUT2D eigenvalue weighted by Gasteiger charge is -2.28. The summed E-state index contributed by atoms with van der Waals surface area (Å²) in [5.41, 5.74) is 7.58. The van der Waals surface area contributed by atoms with E-state index in [1.165, 1.54) is 98.8 Å². The van der Waals surface area contributed by atoms with Gasteiger partial charge in [0.05, 0.1) is 0 Å². The van der Waals surface area contributed by atoms with E-state index in [4.69, 9.17) is 0 Å². The fraction of sp³-hybridized carbons (Fsp3) is 0.432. The van der Waals surface area contributed by atoms with E-state index in [0.717, 1.165) is 23.0 Å². The summed E-state index contributed by atoms with van der Waals surface area (Å²) in [4.78, 5) is 5.96. The molecule has 42 heavy (non-hydrogen) atoms. The van der Waals surface area contributed by atoms with E-state index in [1.807, 2.05) is 23.1 Å². The van der Waals surface area contributed by atoms with E-state index < -0.39 is 0 Å². The maximum atomic E-state index is 2.57. The highest BCUT2D eigenvalue weighted by molar-refractivity contribution is 8.03. The average molecular weight is 627 g/mol. The van der Waals surface area contributed by atoms with E-state index in [-0.39, 0.29) is 0 Å². The quantitative estimate of drug-likeness (QED) is 0.229. The second-order valence-corrected chi connectivity index (χ2v) is 17.5. The standard InChI is InChI=1S/C37H40NS4/c1-3-31-32-21-29(39-27-9-10-27)13-15-34(32)41-36(31)19-23-5-7-25-8-6-24(18-26(25)17-23)20-37-38(4-2)33-22-30(40-28-11-12-28)14-16-35(33)42-37/h13-22,25,27-28,31H,3-12H2,1-2H3/q+1/b24-20+,36-19-. The third-order valence-electron chi connectivity index (χ3n) is 9.38. The predicted molar refractivity (Wildman–Crippen MR) is 185 cm³/mol. The third kappa shape index (κ3) is 5.76. The second kappa shape index (κ2) is 11.7. The molecule has 5 heteroatoms. The van der Waals surface area contributed by atoms with Gasteiger partial charge in [-0.25, -0.2) is 0 Å². The first-order valence-corrected chi connectivity index (χ1v) is 19.5. The Morgan fingerprint density at radius 2 is 1.62 bits per heavy atom. The van der Waals surface area contributed by atoms with Gasteiger partial charge in [-0.2, -0.15) is 4.57 Å². The molecule has 2 atom stereocenters. The molecular weight excluding hydrogens is 587 g/mol. The van der Waals surface area contributed by atoms with E-state index in [1.54, 1.807) is 16.0 Å². The summed E-state index contributed by atoms with van der Waals surface area (Å²) in [6.45, 7) is 5.68. The van der Waals surface area contributed by atoms with Crippen LogP contribution in [0.1, 0.15) is 88.1 Å². The van der Waals surface area contributed by atoms with Gasteiger partial charge < -0.3 is 0 Å². The zero-order chi connectivity index (χ0) is 28.2. The molecule has 3 aromatic rings. The van der Waals surface area contributed by atoms with Crippen molar-refractivity contribution in [1.82, 2.24) is 0 Å². The molecule has 2 aromatic carbocycles. The number of allylic oxidation sites excluding steroid dienone is 7. The summed E-state index contributed by atoms with van der Waals surface area (Å²) in [5, 5.41) is 3.12. The number of nitrogens with zero attached hydrogens (tertiary/aromatic N) is 1. The van der Waals surface area contributed by atoms with Gasteiger partial charge in [0.25, 0.3) is 5.01 Å². The third-order valence-corrected chi connectivity index (χ3v) is 14.4. The first-order valence-electron chi connectivity index (χ1n) is 16.1. The average Bonchev–Trinajstić information content (AvgIpc) is 3.93. The SMILES string of the molecule is CCC1/C(=C/C2=CC3=C/C(=C/c4sc5ccc(SC6CC6)cc5[n+]4CC)CCC3CC2)Sc2ccc(SC3CC3)cc21. The number of rotatable bonds is 8. The number of benzene rings is 2. The molecule has 0 saturated heterocycles. The van der Waals surface area contributed by atoms with Crippen LogP contribution in [-0.4, -0.2) is 10.5 Å². The summed E-state index contributed by atoms with van der Waals surface area (Å²) < 4.78 is 3.95. The van der Waals surface area contributed by atoms with Crippen molar-refractivity contribution in [2.24, 2.45) is 5.92 Å². The van der Waals surface area contributed by atoms with Crippen LogP contribution >= 0.6 is 46.6 Å². The highest BCUT2D eigenvalue weighted by atomic mass is 32.2. The molecule has 2 heterocycles. The first-order chi connectivity index (χ1) is 20.6. The van der Waals surface area contributed by atoms with Crippen LogP contribution in [0.25, 0.3) is 16.3 Å². The maximum absolute atomic E-state index is 2.57. The Balaban J connectivity index is 1.06. The van der Waals surface area contributed by atoms with E-state index >= 15 is 0 Å². The molecule has 1 nitrogen and oxygen atoms in total. The summed E-state index contributed by atoms with van der Waals surface area (Å²) in [6.07, 6.45) is 21.9. The van der Waals surface area contributed by atoms with Crippen molar-refractivity contribution in [3.05, 3.63) is 86.8 Å². The Labute approximate surface area is 268 Å². The van der Waals surface area contributed by atoms with E-state index in [0.29, 0.717) is 5.92 Å². The first kappa shape index (κ1) is 27.9. The molecule has 216 valence electrons. The molecule has 0 amide bonds. The van der Waals surface area contributed by atoms with Gasteiger partial charge >= 0.3 is 0 Å². The van der Waals surface area contributed by atoms with Gasteiger partial charge in [-0.05, 0) is 134 Å². The zero-order valence-electron chi connectivity index (χ0n) is 24.7. The minimum absolute atomic E-state index is 0.555. The predicted octanol–water partition coefficient (Wildman–Crippen LogP) is 11.3. The minimum Gasteiger partial charge on any atom is -0.182 e. The van der Waals surface area contributed by atoms with Crippen LogP contribution < -0.4 is 4.57 Å². The number of aromatic nitrogens is 1. The highest BCUT2D eigenvalue weighted by Crippen LogP contribution is 2.53. The van der Waals surface area contributed by atoms with Crippen LogP contribution in [0.15, 0.2) is 90.9 Å². The Hall–Kier alpha value is -1.66. The fourth-order valence-corrected chi connectivity index (χ4v) is 11.5. The maximum Gasteiger partial charge on any atom is 0.263 e. The van der Waals surface area contributed by atoms with Crippen molar-refractivity contribution >= 4 is 62.9 Å². The van der Waals surface area contributed by atoms with Crippen LogP contribution in [0.3, 0.4) is 0 Å². The number of thioether (sulfide) groups is 3. The molecule has 2 saturated carbocycles. The fourth-order valence-electron chi connectivity index (χ4n) is 6.79. The molecule has 2 fully saturated rings. The monoisotopic (exact) mass is 626 g/mol. The Morgan fingerprint density at radius 3 is 2.38 bits per heavy atom. The summed E-state index contributed by atoms with van der Waals surface area (Å²) in [7, 11) is 0. The lowest BCUT2D eigenvalue weighted by atomic mass is 9.77. The van der Waals surface area contributed by atoms with Gasteiger partial charge in [-0.1, -0.05) is 42.2 Å². The summed E-state index contributed by atoms with van der Waals surface area (Å²) >= 11 is 8.15. The van der Waals surface area contributed by atoms with Gasteiger partial charge in [0.15, 0.2) is 0 Å². The molecule has 2 unspecified atom stereocenters. The van der Waals surface area contributed by atoms with Crippen LogP contribution in [0.4, 0.5) is 0 Å². The van der Waals surface area contributed by atoms with Gasteiger partial charge in [0.1, 0.15) is 11.2 Å². The highest BCUT2D eigenvalue weighted by Gasteiger charge is 2.30. The Bertz CT molecular complexity index is 1660. The van der Waals surface area contributed by atoms with Crippen LogP contribution in [-0.2, 0) is 6.54 Å². The number of aryl methyl sites for hydroxylation is 1. The lowest BCUT2D eigenvalue weighted by Crippen LogP contribution is -2.33. The zero-order valence-corrected chi connectivity index (χ0v) is 28.0. The number of fused-ring (bicyclic) bond motifs is 3. The minimum atomic E-state index is 0.555. The molecule has 1 aliphatic heterocycles. The topological polar surface area (TPSA) is 3.88 Å². The molecule has 0 spiro atoms. The van der Waals surface area contributed by atoms with Crippen molar-refractivity contribution in [2.75, 3.05) is 0 Å². The molecular formula is C37H40NS4+. The van der Waals surface area contributed by atoms with E-state index in [2.05, 4.69) is 103 Å². The summed E-state index contributed by atoms with van der Waals surface area (Å²) in [5.74, 6) is 1.28. The molecule has 5 aliphatic rings. The van der Waals surface area contributed by atoms with Gasteiger partial charge in [-0.3, -0.25) is 0 Å². The van der Waals surface area contributed by atoms with Crippen molar-refractivity contribution < 1.29 is 4.57 Å². The number of hydrogen-bond donors (Lipinski definition) is 0. The van der Waals surface area contributed by atoms with Crippen molar-refractivity contribution in [2.45, 2.75) is 109 Å². The number of thiazole rings is 1.